The summed E-state index contributed by atoms with van der Waals surface area (Å²) in [5, 5.41) is 1.38. The fourth-order valence-electron chi connectivity index (χ4n) is 1.59. The zero-order chi connectivity index (χ0) is 14.0. The van der Waals surface area contributed by atoms with Crippen molar-refractivity contribution in [2.45, 2.75) is 12.6 Å². The minimum Gasteiger partial charge on any atom is -0.294 e. The summed E-state index contributed by atoms with van der Waals surface area (Å²) in [6, 6.07) is 6.68. The minimum absolute atomic E-state index is 0.166. The lowest BCUT2D eigenvalue weighted by Gasteiger charge is -2.09. The Bertz CT molecular complexity index is 590. The molecule has 0 unspecified atom stereocenters. The monoisotopic (exact) mass is 304 g/mol. The van der Waals surface area contributed by atoms with E-state index in [1.54, 1.807) is 6.07 Å². The zero-order valence-corrected chi connectivity index (χ0v) is 11.1. The predicted octanol–water partition coefficient (Wildman–Crippen LogP) is 4.85. The number of Topliss-reactive ketones (excluding diaryl/α,β-unsaturated/α-hetero) is 1. The molecule has 0 aliphatic rings. The highest BCUT2D eigenvalue weighted by atomic mass is 35.5. The molecule has 0 aliphatic carbocycles. The second-order valence-electron chi connectivity index (χ2n) is 3.87. The number of carbonyl (C=O) groups excluding carboxylic acids is 1. The van der Waals surface area contributed by atoms with Crippen LogP contribution < -0.4 is 0 Å². The first-order chi connectivity index (χ1) is 8.88. The fourth-order valence-corrected chi connectivity index (χ4v) is 2.58. The highest BCUT2D eigenvalue weighted by molar-refractivity contribution is 7.10. The summed E-state index contributed by atoms with van der Waals surface area (Å²) in [6.07, 6.45) is -4.34. The SMILES string of the molecule is O=C(Cc1cccs1)c1ccc(C(F)(F)F)c(Cl)c1. The van der Waals surface area contributed by atoms with Crippen molar-refractivity contribution < 1.29 is 18.0 Å². The van der Waals surface area contributed by atoms with E-state index in [9.17, 15) is 18.0 Å². The first-order valence-corrected chi connectivity index (χ1v) is 6.56. The van der Waals surface area contributed by atoms with Crippen molar-refractivity contribution in [2.75, 3.05) is 0 Å². The normalized spacial score (nSPS) is 11.6. The van der Waals surface area contributed by atoms with Crippen LogP contribution in [0.1, 0.15) is 20.8 Å². The molecule has 0 atom stereocenters. The largest absolute Gasteiger partial charge is 0.417 e. The molecule has 0 aliphatic heterocycles. The summed E-state index contributed by atoms with van der Waals surface area (Å²) in [5.74, 6) is -0.252. The highest BCUT2D eigenvalue weighted by Crippen LogP contribution is 2.35. The molecular formula is C13H8ClF3OS. The number of thiophene rings is 1. The lowest BCUT2D eigenvalue weighted by atomic mass is 10.1. The summed E-state index contributed by atoms with van der Waals surface area (Å²) in [6.45, 7) is 0. The van der Waals surface area contributed by atoms with Gasteiger partial charge in [-0.2, -0.15) is 13.2 Å². The fraction of sp³-hybridized carbons (Fsp3) is 0.154. The Morgan fingerprint density at radius 1 is 1.26 bits per heavy atom. The second kappa shape index (κ2) is 5.35. The number of carbonyl (C=O) groups is 1. The van der Waals surface area contributed by atoms with E-state index in [1.165, 1.54) is 11.3 Å². The van der Waals surface area contributed by atoms with Gasteiger partial charge in [0.1, 0.15) is 0 Å². The van der Waals surface area contributed by atoms with E-state index >= 15 is 0 Å². The molecule has 2 aromatic rings. The molecule has 100 valence electrons. The van der Waals surface area contributed by atoms with E-state index in [2.05, 4.69) is 0 Å². The maximum Gasteiger partial charge on any atom is 0.417 e. The van der Waals surface area contributed by atoms with Crippen molar-refractivity contribution in [3.63, 3.8) is 0 Å². The second-order valence-corrected chi connectivity index (χ2v) is 5.31. The Hall–Kier alpha value is -1.33. The topological polar surface area (TPSA) is 17.1 Å². The number of alkyl halides is 3. The maximum absolute atomic E-state index is 12.5. The van der Waals surface area contributed by atoms with Crippen molar-refractivity contribution in [2.24, 2.45) is 0 Å². The minimum atomic E-state index is -4.51. The maximum atomic E-state index is 12.5. The van der Waals surface area contributed by atoms with Gasteiger partial charge in [-0.15, -0.1) is 11.3 Å². The smallest absolute Gasteiger partial charge is 0.294 e. The van der Waals surface area contributed by atoms with Crippen molar-refractivity contribution in [3.8, 4) is 0 Å². The molecule has 1 aromatic carbocycles. The molecule has 0 bridgehead atoms. The summed E-state index contributed by atoms with van der Waals surface area (Å²) in [4.78, 5) is 12.8. The molecule has 0 fully saturated rings. The number of ketones is 1. The average Bonchev–Trinajstić information content (AvgIpc) is 2.79. The van der Waals surface area contributed by atoms with Crippen LogP contribution in [0.5, 0.6) is 0 Å². The van der Waals surface area contributed by atoms with E-state index in [-0.39, 0.29) is 17.8 Å². The van der Waals surface area contributed by atoms with E-state index < -0.39 is 16.8 Å². The molecule has 0 amide bonds. The number of rotatable bonds is 3. The standard InChI is InChI=1S/C13H8ClF3OS/c14-11-6-8(3-4-10(11)13(15,16)17)12(18)7-9-2-1-5-19-9/h1-6H,7H2. The highest BCUT2D eigenvalue weighted by Gasteiger charge is 2.33. The lowest BCUT2D eigenvalue weighted by molar-refractivity contribution is -0.137. The lowest BCUT2D eigenvalue weighted by Crippen LogP contribution is -2.08. The van der Waals surface area contributed by atoms with Crippen LogP contribution in [0, 0.1) is 0 Å². The van der Waals surface area contributed by atoms with E-state index in [0.29, 0.717) is 0 Å². The molecule has 0 saturated heterocycles. The first-order valence-electron chi connectivity index (χ1n) is 5.30. The zero-order valence-electron chi connectivity index (χ0n) is 9.50. The van der Waals surface area contributed by atoms with Crippen LogP contribution in [-0.4, -0.2) is 5.78 Å². The van der Waals surface area contributed by atoms with E-state index in [0.717, 1.165) is 23.1 Å². The van der Waals surface area contributed by atoms with Gasteiger partial charge in [-0.05, 0) is 23.6 Å². The van der Waals surface area contributed by atoms with Crippen molar-refractivity contribution in [1.82, 2.24) is 0 Å². The van der Waals surface area contributed by atoms with E-state index in [1.807, 2.05) is 11.4 Å². The third-order valence-corrected chi connectivity index (χ3v) is 3.70. The number of halogens is 4. The molecule has 6 heteroatoms. The Balaban J connectivity index is 2.22. The first kappa shape index (κ1) is 14.1. The van der Waals surface area contributed by atoms with Crippen LogP contribution >= 0.6 is 22.9 Å². The third-order valence-electron chi connectivity index (χ3n) is 2.51. The van der Waals surface area contributed by atoms with Crippen molar-refractivity contribution >= 4 is 28.7 Å². The van der Waals surface area contributed by atoms with Gasteiger partial charge in [0.05, 0.1) is 10.6 Å². The predicted molar refractivity (Wildman–Crippen MR) is 68.8 cm³/mol. The van der Waals surface area contributed by atoms with Gasteiger partial charge in [-0.3, -0.25) is 4.79 Å². The number of hydrogen-bond donors (Lipinski definition) is 0. The van der Waals surface area contributed by atoms with E-state index in [4.69, 9.17) is 11.6 Å². The van der Waals surface area contributed by atoms with Crippen LogP contribution in [0.2, 0.25) is 5.02 Å². The molecule has 19 heavy (non-hydrogen) atoms. The summed E-state index contributed by atoms with van der Waals surface area (Å²) < 4.78 is 37.6. The van der Waals surface area contributed by atoms with Crippen LogP contribution in [0.4, 0.5) is 13.2 Å². The third kappa shape index (κ3) is 3.36. The number of benzene rings is 1. The van der Waals surface area contributed by atoms with Crippen LogP contribution in [0.25, 0.3) is 0 Å². The Morgan fingerprint density at radius 2 is 2.00 bits per heavy atom. The van der Waals surface area contributed by atoms with Crippen molar-refractivity contribution in [3.05, 3.63) is 56.7 Å². The molecule has 0 saturated carbocycles. The summed E-state index contributed by atoms with van der Waals surface area (Å²) in [7, 11) is 0. The molecule has 0 N–H and O–H groups in total. The van der Waals surface area contributed by atoms with Gasteiger partial charge < -0.3 is 0 Å². The average molecular weight is 305 g/mol. The molecule has 1 heterocycles. The van der Waals surface area contributed by atoms with Gasteiger partial charge in [0.2, 0.25) is 0 Å². The number of hydrogen-bond acceptors (Lipinski definition) is 2. The van der Waals surface area contributed by atoms with Gasteiger partial charge in [-0.1, -0.05) is 23.7 Å². The van der Waals surface area contributed by atoms with Gasteiger partial charge in [-0.25, -0.2) is 0 Å². The summed E-state index contributed by atoms with van der Waals surface area (Å²) in [5.41, 5.74) is -0.742. The van der Waals surface area contributed by atoms with Gasteiger partial charge in [0.25, 0.3) is 0 Å². The van der Waals surface area contributed by atoms with Crippen LogP contribution in [0.3, 0.4) is 0 Å². The molecule has 1 nitrogen and oxygen atoms in total. The molecule has 0 radical (unpaired) electrons. The van der Waals surface area contributed by atoms with Gasteiger partial charge in [0.15, 0.2) is 5.78 Å². The molecule has 2 rings (SSSR count). The molecule has 0 spiro atoms. The quantitative estimate of drug-likeness (QED) is 0.741. The molecule has 1 aromatic heterocycles. The van der Waals surface area contributed by atoms with Gasteiger partial charge in [0, 0.05) is 16.9 Å². The van der Waals surface area contributed by atoms with Crippen LogP contribution in [-0.2, 0) is 12.6 Å². The van der Waals surface area contributed by atoms with Gasteiger partial charge >= 0.3 is 6.18 Å². The van der Waals surface area contributed by atoms with Crippen LogP contribution in [0.15, 0.2) is 35.7 Å². The molecular weight excluding hydrogens is 297 g/mol. The Labute approximate surface area is 116 Å². The Morgan fingerprint density at radius 3 is 2.53 bits per heavy atom. The van der Waals surface area contributed by atoms with Crippen molar-refractivity contribution in [1.29, 1.82) is 0 Å². The summed E-state index contributed by atoms with van der Waals surface area (Å²) >= 11 is 6.99. The Kier molecular flexibility index (Phi) is 3.96.